The zero-order valence-electron chi connectivity index (χ0n) is 24.5. The van der Waals surface area contributed by atoms with Gasteiger partial charge in [0.25, 0.3) is 0 Å². The lowest BCUT2D eigenvalue weighted by molar-refractivity contribution is -0.143. The molecule has 0 amide bonds. The lowest BCUT2D eigenvalue weighted by Crippen LogP contribution is -2.34. The molecule has 2 unspecified atom stereocenters. The number of rotatable bonds is 8. The van der Waals surface area contributed by atoms with Gasteiger partial charge >= 0.3 is 5.97 Å². The normalized spacial score (nSPS) is 20.2. The molecule has 2 aliphatic heterocycles. The number of hydrogen-bond acceptors (Lipinski definition) is 7. The molecule has 3 aromatic rings. The van der Waals surface area contributed by atoms with Crippen LogP contribution in [0.3, 0.4) is 0 Å². The standard InChI is InChI=1S/C33H42N2O5S/c1-5-29-22-35(41(37,38)32-10-8-7-9-31(32)40-29)21-27-17-25(12-11-23(27)3)30(19-33(36)39-6-2)26-14-13-24-15-16-34(4)20-28(24)18-26/h7-14,17-18,29-30,37-38H,5-6,15-16,19-22H2,1-4H3. The predicted molar refractivity (Wildman–Crippen MR) is 163 cm³/mol. The van der Waals surface area contributed by atoms with Crippen LogP contribution in [0.5, 0.6) is 5.75 Å². The smallest absolute Gasteiger partial charge is 0.306 e. The summed E-state index contributed by atoms with van der Waals surface area (Å²) in [5, 5.41) is 0. The number of para-hydroxylation sites is 1. The molecule has 0 aliphatic carbocycles. The molecular formula is C33H42N2O5S. The van der Waals surface area contributed by atoms with E-state index < -0.39 is 10.8 Å². The Kier molecular flexibility index (Phi) is 9.06. The lowest BCUT2D eigenvalue weighted by Gasteiger charge is -2.42. The Hall–Kier alpha value is -2.88. The van der Waals surface area contributed by atoms with E-state index in [1.54, 1.807) is 16.4 Å². The first-order valence-corrected chi connectivity index (χ1v) is 16.0. The number of carbonyl (C=O) groups excluding carboxylic acids is 1. The van der Waals surface area contributed by atoms with E-state index in [1.165, 1.54) is 11.1 Å². The van der Waals surface area contributed by atoms with Crippen LogP contribution in [0.4, 0.5) is 0 Å². The average Bonchev–Trinajstić information content (AvgIpc) is 3.06. The van der Waals surface area contributed by atoms with E-state index in [4.69, 9.17) is 9.47 Å². The average molecular weight is 579 g/mol. The Bertz CT molecular complexity index is 1390. The van der Waals surface area contributed by atoms with E-state index >= 15 is 0 Å². The summed E-state index contributed by atoms with van der Waals surface area (Å²) in [5.74, 6) is 0.124. The molecule has 0 saturated carbocycles. The van der Waals surface area contributed by atoms with E-state index in [1.807, 2.05) is 32.9 Å². The van der Waals surface area contributed by atoms with E-state index in [-0.39, 0.29) is 24.4 Å². The predicted octanol–water partition coefficient (Wildman–Crippen LogP) is 6.77. The van der Waals surface area contributed by atoms with Gasteiger partial charge in [0.1, 0.15) is 16.7 Å². The largest absolute Gasteiger partial charge is 0.487 e. The van der Waals surface area contributed by atoms with Gasteiger partial charge < -0.3 is 14.4 Å². The number of ether oxygens (including phenoxy) is 2. The van der Waals surface area contributed by atoms with Crippen LogP contribution in [0.25, 0.3) is 0 Å². The van der Waals surface area contributed by atoms with Crippen molar-refractivity contribution in [1.29, 1.82) is 0 Å². The molecular weight excluding hydrogens is 536 g/mol. The second-order valence-corrected chi connectivity index (χ2v) is 13.2. The summed E-state index contributed by atoms with van der Waals surface area (Å²) in [6, 6.07) is 20.1. The van der Waals surface area contributed by atoms with Crippen molar-refractivity contribution in [2.45, 2.75) is 70.0 Å². The van der Waals surface area contributed by atoms with Gasteiger partial charge in [-0.3, -0.25) is 13.9 Å². The zero-order chi connectivity index (χ0) is 29.1. The lowest BCUT2D eigenvalue weighted by atomic mass is 9.84. The summed E-state index contributed by atoms with van der Waals surface area (Å²) in [4.78, 5) is 15.5. The molecule has 7 nitrogen and oxygen atoms in total. The van der Waals surface area contributed by atoms with Crippen molar-refractivity contribution in [2.24, 2.45) is 0 Å². The number of aryl methyl sites for hydroxylation is 1. The Morgan fingerprint density at radius 2 is 1.83 bits per heavy atom. The highest BCUT2D eigenvalue weighted by atomic mass is 32.3. The van der Waals surface area contributed by atoms with E-state index in [2.05, 4.69) is 48.3 Å². The van der Waals surface area contributed by atoms with Crippen molar-refractivity contribution in [3.63, 3.8) is 0 Å². The molecule has 0 saturated heterocycles. The van der Waals surface area contributed by atoms with Crippen LogP contribution < -0.4 is 4.74 Å². The highest BCUT2D eigenvalue weighted by molar-refractivity contribution is 8.22. The third-order valence-corrected chi connectivity index (χ3v) is 10.2. The van der Waals surface area contributed by atoms with Crippen LogP contribution in [0, 0.1) is 6.92 Å². The monoisotopic (exact) mass is 578 g/mol. The van der Waals surface area contributed by atoms with Crippen LogP contribution in [0.15, 0.2) is 65.6 Å². The third-order valence-electron chi connectivity index (χ3n) is 8.29. The molecule has 0 spiro atoms. The fourth-order valence-corrected chi connectivity index (χ4v) is 7.46. The van der Waals surface area contributed by atoms with Gasteiger partial charge in [-0.2, -0.15) is 4.31 Å². The van der Waals surface area contributed by atoms with Gasteiger partial charge in [-0.05, 0) is 79.3 Å². The summed E-state index contributed by atoms with van der Waals surface area (Å²) in [7, 11) is -1.14. The minimum Gasteiger partial charge on any atom is -0.487 e. The summed E-state index contributed by atoms with van der Waals surface area (Å²) in [6.07, 6.45) is 1.84. The number of nitrogens with zero attached hydrogens (tertiary/aromatic N) is 2. The van der Waals surface area contributed by atoms with Crippen LogP contribution in [0.2, 0.25) is 0 Å². The van der Waals surface area contributed by atoms with E-state index in [0.717, 1.165) is 48.2 Å². The number of esters is 1. The topological polar surface area (TPSA) is 82.5 Å². The number of carbonyl (C=O) groups is 1. The fourth-order valence-electron chi connectivity index (χ4n) is 5.85. The van der Waals surface area contributed by atoms with Crippen molar-refractivity contribution >= 4 is 16.7 Å². The number of fused-ring (bicyclic) bond motifs is 2. The van der Waals surface area contributed by atoms with Crippen molar-refractivity contribution in [3.05, 3.63) is 94.0 Å². The molecule has 0 radical (unpaired) electrons. The zero-order valence-corrected chi connectivity index (χ0v) is 25.3. The van der Waals surface area contributed by atoms with Crippen LogP contribution in [0.1, 0.15) is 66.0 Å². The molecule has 8 heteroatoms. The van der Waals surface area contributed by atoms with Crippen molar-refractivity contribution < 1.29 is 23.4 Å². The first-order valence-electron chi connectivity index (χ1n) is 14.5. The first kappa shape index (κ1) is 29.6. The summed E-state index contributed by atoms with van der Waals surface area (Å²) < 4.78 is 36.4. The Morgan fingerprint density at radius 3 is 2.61 bits per heavy atom. The van der Waals surface area contributed by atoms with Crippen molar-refractivity contribution in [1.82, 2.24) is 9.21 Å². The number of benzene rings is 3. The number of hydrogen-bond donors (Lipinski definition) is 2. The molecule has 0 bridgehead atoms. The second kappa shape index (κ2) is 12.5. The maximum atomic E-state index is 12.8. The molecule has 2 aliphatic rings. The molecule has 3 aromatic carbocycles. The SMILES string of the molecule is CCOC(=O)CC(c1ccc(C)c(CN2CC(CC)Oc3ccccc3S2(O)O)c1)c1ccc2c(c1)CN(C)CC2. The Balaban J connectivity index is 1.51. The first-order chi connectivity index (χ1) is 19.7. The van der Waals surface area contributed by atoms with E-state index in [0.29, 0.717) is 30.3 Å². The molecule has 2 N–H and O–H groups in total. The maximum absolute atomic E-state index is 12.8. The Morgan fingerprint density at radius 1 is 1.07 bits per heavy atom. The molecule has 5 rings (SSSR count). The van der Waals surface area contributed by atoms with Crippen LogP contribution >= 0.6 is 10.8 Å². The van der Waals surface area contributed by atoms with Gasteiger partial charge in [0.05, 0.1) is 19.6 Å². The van der Waals surface area contributed by atoms with Gasteiger partial charge in [-0.15, -0.1) is 10.8 Å². The van der Waals surface area contributed by atoms with Crippen LogP contribution in [-0.2, 0) is 29.0 Å². The van der Waals surface area contributed by atoms with E-state index in [9.17, 15) is 13.9 Å². The minimum atomic E-state index is -3.27. The quantitative estimate of drug-likeness (QED) is 0.286. The molecule has 2 heterocycles. The summed E-state index contributed by atoms with van der Waals surface area (Å²) in [6.45, 7) is 8.93. The second-order valence-electron chi connectivity index (χ2n) is 11.2. The van der Waals surface area contributed by atoms with Crippen molar-refractivity contribution in [2.75, 3.05) is 26.7 Å². The molecule has 41 heavy (non-hydrogen) atoms. The fraction of sp³-hybridized carbons (Fsp3) is 0.424. The molecule has 0 fully saturated rings. The summed E-state index contributed by atoms with van der Waals surface area (Å²) >= 11 is 0. The van der Waals surface area contributed by atoms with Gasteiger partial charge in [0, 0.05) is 25.6 Å². The molecule has 2 atom stereocenters. The Labute approximate surface area is 245 Å². The maximum Gasteiger partial charge on any atom is 0.306 e. The summed E-state index contributed by atoms with van der Waals surface area (Å²) in [5.41, 5.74) is 6.82. The van der Waals surface area contributed by atoms with Crippen LogP contribution in [-0.4, -0.2) is 57.1 Å². The highest BCUT2D eigenvalue weighted by Crippen LogP contribution is 2.57. The number of likely N-dealkylation sites (N-methyl/N-ethyl adjacent to an activating group) is 1. The molecule has 0 aromatic heterocycles. The minimum absolute atomic E-state index is 0.168. The van der Waals surface area contributed by atoms with Gasteiger partial charge in [0.15, 0.2) is 0 Å². The molecule has 220 valence electrons. The van der Waals surface area contributed by atoms with Gasteiger partial charge in [-0.25, -0.2) is 0 Å². The van der Waals surface area contributed by atoms with Gasteiger partial charge in [0.2, 0.25) is 0 Å². The third kappa shape index (κ3) is 6.47. The highest BCUT2D eigenvalue weighted by Gasteiger charge is 2.35. The van der Waals surface area contributed by atoms with Crippen molar-refractivity contribution in [3.8, 4) is 5.75 Å². The van der Waals surface area contributed by atoms with Gasteiger partial charge in [-0.1, -0.05) is 55.5 Å².